The number of phosphoric ester groups is 1. The first-order valence-electron chi connectivity index (χ1n) is 5.73. The van der Waals surface area contributed by atoms with E-state index in [2.05, 4.69) is 19.1 Å². The van der Waals surface area contributed by atoms with E-state index in [1.165, 1.54) is 0 Å². The summed E-state index contributed by atoms with van der Waals surface area (Å²) in [6, 6.07) is 0. The van der Waals surface area contributed by atoms with Crippen molar-refractivity contribution in [2.75, 3.05) is 6.61 Å². The van der Waals surface area contributed by atoms with Gasteiger partial charge in [-0.2, -0.15) is 8.62 Å². The number of hydrogen-bond donors (Lipinski definition) is 4. The normalized spacial score (nSPS) is 31.2. The second kappa shape index (κ2) is 7.22. The number of hydrogen-bond acceptors (Lipinski definition) is 7. The van der Waals surface area contributed by atoms with E-state index in [1.54, 1.807) is 6.92 Å². The molecule has 0 saturated carbocycles. The zero-order valence-electron chi connectivity index (χ0n) is 11.2. The maximum atomic E-state index is 11.5. The molecule has 1 rings (SSSR count). The summed E-state index contributed by atoms with van der Waals surface area (Å²) in [5.74, 6) is 2.26. The Morgan fingerprint density at radius 3 is 2.23 bits per heavy atom. The van der Waals surface area contributed by atoms with Gasteiger partial charge >= 0.3 is 23.5 Å². The maximum Gasteiger partial charge on any atom is 0.490 e. The highest BCUT2D eigenvalue weighted by Gasteiger charge is 2.41. The van der Waals surface area contributed by atoms with Crippen LogP contribution < -0.4 is 0 Å². The van der Waals surface area contributed by atoms with Crippen molar-refractivity contribution in [1.29, 1.82) is 0 Å². The van der Waals surface area contributed by atoms with Crippen molar-refractivity contribution in [2.24, 2.45) is 5.92 Å². The molecule has 4 N–H and O–H groups in total. The van der Waals surface area contributed by atoms with Crippen LogP contribution in [0.25, 0.3) is 0 Å². The highest BCUT2D eigenvalue weighted by molar-refractivity contribution is 7.66. The van der Waals surface area contributed by atoms with Gasteiger partial charge in [-0.3, -0.25) is 4.52 Å². The van der Waals surface area contributed by atoms with Gasteiger partial charge in [-0.05, 0) is 13.3 Å². The third-order valence-corrected chi connectivity index (χ3v) is 6.35. The number of ether oxygens (including phenoxy) is 1. The topological polar surface area (TPSA) is 169 Å². The van der Waals surface area contributed by atoms with Crippen LogP contribution in [-0.2, 0) is 31.6 Å². The van der Waals surface area contributed by atoms with Crippen molar-refractivity contribution in [2.45, 2.75) is 25.6 Å². The summed E-state index contributed by atoms with van der Waals surface area (Å²) in [4.78, 5) is 34.9. The van der Waals surface area contributed by atoms with Crippen LogP contribution >= 0.6 is 23.5 Å². The summed E-state index contributed by atoms with van der Waals surface area (Å²) in [5.41, 5.74) is 0. The minimum Gasteiger partial charge on any atom is -0.372 e. The van der Waals surface area contributed by atoms with Gasteiger partial charge in [0.2, 0.25) is 0 Å². The Morgan fingerprint density at radius 2 is 1.77 bits per heavy atom. The van der Waals surface area contributed by atoms with Crippen molar-refractivity contribution in [3.63, 3.8) is 0 Å². The van der Waals surface area contributed by atoms with Gasteiger partial charge in [-0.15, -0.1) is 12.3 Å². The lowest BCUT2D eigenvalue weighted by atomic mass is 10.0. The molecule has 0 aromatic rings. The number of rotatable bonds is 7. The number of terminal acetylenes is 1. The Kier molecular flexibility index (Phi) is 6.56. The average Bonchev–Trinajstić information content (AvgIpc) is 2.62. The molecule has 14 heteroatoms. The summed E-state index contributed by atoms with van der Waals surface area (Å²) in [6.45, 7) is 1.22. The molecule has 11 nitrogen and oxygen atoms in total. The van der Waals surface area contributed by atoms with Crippen molar-refractivity contribution in [1.82, 2.24) is 0 Å². The van der Waals surface area contributed by atoms with E-state index in [1.807, 2.05) is 0 Å². The molecular weight excluding hydrogens is 365 g/mol. The van der Waals surface area contributed by atoms with E-state index in [4.69, 9.17) is 25.8 Å². The Morgan fingerprint density at radius 1 is 1.18 bits per heavy atom. The highest BCUT2D eigenvalue weighted by atomic mass is 31.3. The molecule has 0 amide bonds. The standard InChI is InChI=1S/C8H15O11P3/c1-3-7-4-8(17-6(7)2)5-16-21(12,13)19-22(14,15)18-20(9,10)11/h1,6-8H,4-5H2,2H3,(H,12,13)(H,14,15)(H2,9,10,11)/t6-,7-,8?/m0/s1. The highest BCUT2D eigenvalue weighted by Crippen LogP contribution is 2.66. The molecule has 128 valence electrons. The first-order chi connectivity index (χ1) is 9.84. The largest absolute Gasteiger partial charge is 0.490 e. The fourth-order valence-corrected chi connectivity index (χ4v) is 4.77. The molecule has 1 fully saturated rings. The summed E-state index contributed by atoms with van der Waals surface area (Å²) in [7, 11) is -16.0. The van der Waals surface area contributed by atoms with Gasteiger partial charge in [0.1, 0.15) is 0 Å². The smallest absolute Gasteiger partial charge is 0.372 e. The lowest BCUT2D eigenvalue weighted by Gasteiger charge is -2.17. The predicted octanol–water partition coefficient (Wildman–Crippen LogP) is 0.756. The van der Waals surface area contributed by atoms with E-state index in [0.717, 1.165) is 0 Å². The molecule has 1 heterocycles. The molecule has 5 atom stereocenters. The summed E-state index contributed by atoms with van der Waals surface area (Å²) in [6.07, 6.45) is 4.66. The van der Waals surface area contributed by atoms with E-state index in [-0.39, 0.29) is 12.0 Å². The van der Waals surface area contributed by atoms with Gasteiger partial charge in [-0.1, -0.05) is 0 Å². The monoisotopic (exact) mass is 380 g/mol. The van der Waals surface area contributed by atoms with E-state index >= 15 is 0 Å². The molecule has 0 aromatic heterocycles. The average molecular weight is 380 g/mol. The van der Waals surface area contributed by atoms with E-state index in [9.17, 15) is 18.6 Å². The molecule has 0 aliphatic carbocycles. The summed E-state index contributed by atoms with van der Waals surface area (Å²) in [5, 5.41) is 0. The molecule has 1 saturated heterocycles. The Bertz CT molecular complexity index is 576. The Labute approximate surface area is 126 Å². The fraction of sp³-hybridized carbons (Fsp3) is 0.750. The van der Waals surface area contributed by atoms with Crippen LogP contribution in [0.15, 0.2) is 0 Å². The zero-order valence-corrected chi connectivity index (χ0v) is 13.9. The molecule has 0 aromatic carbocycles. The van der Waals surface area contributed by atoms with Crippen LogP contribution in [0, 0.1) is 18.3 Å². The molecule has 0 radical (unpaired) electrons. The first-order valence-corrected chi connectivity index (χ1v) is 10.3. The van der Waals surface area contributed by atoms with Gasteiger partial charge in [0, 0.05) is 5.92 Å². The van der Waals surface area contributed by atoms with Crippen LogP contribution in [0.3, 0.4) is 0 Å². The summed E-state index contributed by atoms with van der Waals surface area (Å²) >= 11 is 0. The third-order valence-electron chi connectivity index (χ3n) is 2.54. The SMILES string of the molecule is C#C[C@H]1CC(COP(=O)(O)OP(=O)(O)OP(=O)(O)O)O[C@H]1C. The third kappa shape index (κ3) is 7.01. The molecule has 0 bridgehead atoms. The molecular formula is C8H15O11P3. The first kappa shape index (κ1) is 20.0. The van der Waals surface area contributed by atoms with E-state index in [0.29, 0.717) is 6.42 Å². The van der Waals surface area contributed by atoms with Gasteiger partial charge < -0.3 is 24.3 Å². The van der Waals surface area contributed by atoms with Crippen LogP contribution in [-0.4, -0.2) is 38.4 Å². The van der Waals surface area contributed by atoms with Gasteiger partial charge in [-0.25, -0.2) is 13.7 Å². The molecule has 22 heavy (non-hydrogen) atoms. The molecule has 1 aliphatic rings. The lowest BCUT2D eigenvalue weighted by Crippen LogP contribution is -2.15. The second-order valence-corrected chi connectivity index (χ2v) is 8.78. The quantitative estimate of drug-likeness (QED) is 0.363. The lowest BCUT2D eigenvalue weighted by molar-refractivity contribution is 0.0155. The second-order valence-electron chi connectivity index (χ2n) is 4.36. The van der Waals surface area contributed by atoms with Crippen LogP contribution in [0.4, 0.5) is 0 Å². The fourth-order valence-electron chi connectivity index (χ4n) is 1.72. The predicted molar refractivity (Wildman–Crippen MR) is 71.1 cm³/mol. The minimum atomic E-state index is -5.50. The van der Waals surface area contributed by atoms with Gasteiger partial charge in [0.15, 0.2) is 0 Å². The zero-order chi connectivity index (χ0) is 17.2. The van der Waals surface area contributed by atoms with Crippen molar-refractivity contribution >= 4 is 23.5 Å². The maximum absolute atomic E-state index is 11.5. The Balaban J connectivity index is 2.55. The number of phosphoric acid groups is 3. The van der Waals surface area contributed by atoms with Crippen molar-refractivity contribution < 1.29 is 51.2 Å². The van der Waals surface area contributed by atoms with Crippen molar-refractivity contribution in [3.8, 4) is 12.3 Å². The van der Waals surface area contributed by atoms with Gasteiger partial charge in [0.25, 0.3) is 0 Å². The molecule has 0 spiro atoms. The summed E-state index contributed by atoms with van der Waals surface area (Å²) < 4.78 is 49.9. The van der Waals surface area contributed by atoms with E-state index < -0.39 is 36.2 Å². The van der Waals surface area contributed by atoms with Crippen LogP contribution in [0.2, 0.25) is 0 Å². The Hall–Kier alpha value is -0.0700. The van der Waals surface area contributed by atoms with Crippen LogP contribution in [0.1, 0.15) is 13.3 Å². The van der Waals surface area contributed by atoms with Crippen molar-refractivity contribution in [3.05, 3.63) is 0 Å². The van der Waals surface area contributed by atoms with Crippen LogP contribution in [0.5, 0.6) is 0 Å². The van der Waals surface area contributed by atoms with Gasteiger partial charge in [0.05, 0.1) is 18.8 Å². The molecule has 3 unspecified atom stereocenters. The molecule has 1 aliphatic heterocycles. The minimum absolute atomic E-state index is 0.213.